The topological polar surface area (TPSA) is 133 Å². The van der Waals surface area contributed by atoms with Gasteiger partial charge in [-0.1, -0.05) is 19.4 Å². The predicted molar refractivity (Wildman–Crippen MR) is 126 cm³/mol. The third-order valence-electron chi connectivity index (χ3n) is 5.37. The summed E-state index contributed by atoms with van der Waals surface area (Å²) in [6.07, 6.45) is 1.91. The maximum atomic E-state index is 12.6. The van der Waals surface area contributed by atoms with E-state index < -0.39 is 10.0 Å². The lowest BCUT2D eigenvalue weighted by Crippen LogP contribution is -2.38. The number of aromatic nitrogens is 2. The Hall–Kier alpha value is -2.76. The van der Waals surface area contributed by atoms with Crippen LogP contribution in [0.25, 0.3) is 0 Å². The second kappa shape index (κ2) is 11.4. The van der Waals surface area contributed by atoms with E-state index >= 15 is 0 Å². The van der Waals surface area contributed by atoms with Gasteiger partial charge in [0.15, 0.2) is 0 Å². The molecule has 1 fully saturated rings. The van der Waals surface area contributed by atoms with Crippen LogP contribution in [0.5, 0.6) is 0 Å². The van der Waals surface area contributed by atoms with Gasteiger partial charge in [-0.2, -0.15) is 0 Å². The number of ether oxygens (including phenoxy) is 1. The normalized spacial score (nSPS) is 14.3. The lowest BCUT2D eigenvalue weighted by molar-refractivity contribution is -0.116. The molecule has 10 nitrogen and oxygen atoms in total. The van der Waals surface area contributed by atoms with Crippen molar-refractivity contribution in [3.05, 3.63) is 45.9 Å². The standard InChI is InChI=1S/C22H31N5O5S/c1-3-4-10-23-33(30,31)18-7-5-6-17(15-18)25-20(28)9-8-19-16(2)24-22(26-21(19)29)27-11-13-32-14-12-27/h5-7,15,23H,3-4,8-14H2,1-2H3,(H,25,28)(H,24,26,29). The zero-order valence-corrected chi connectivity index (χ0v) is 19.8. The molecule has 11 heteroatoms. The first-order chi connectivity index (χ1) is 15.8. The van der Waals surface area contributed by atoms with Crippen LogP contribution in [-0.4, -0.2) is 57.1 Å². The van der Waals surface area contributed by atoms with E-state index in [-0.39, 0.29) is 29.2 Å². The average Bonchev–Trinajstić information content (AvgIpc) is 2.79. The summed E-state index contributed by atoms with van der Waals surface area (Å²) in [7, 11) is -3.64. The minimum Gasteiger partial charge on any atom is -0.378 e. The van der Waals surface area contributed by atoms with E-state index in [0.717, 1.165) is 12.8 Å². The fourth-order valence-electron chi connectivity index (χ4n) is 3.48. The van der Waals surface area contributed by atoms with Crippen LogP contribution in [0.1, 0.15) is 37.4 Å². The number of aromatic amines is 1. The van der Waals surface area contributed by atoms with Crippen molar-refractivity contribution in [1.82, 2.24) is 14.7 Å². The van der Waals surface area contributed by atoms with Gasteiger partial charge in [0, 0.05) is 43.0 Å². The first kappa shape index (κ1) is 24.9. The molecule has 0 atom stereocenters. The molecule has 2 aromatic rings. The molecule has 0 unspecified atom stereocenters. The highest BCUT2D eigenvalue weighted by molar-refractivity contribution is 7.89. The van der Waals surface area contributed by atoms with Gasteiger partial charge in [-0.3, -0.25) is 14.6 Å². The Morgan fingerprint density at radius 1 is 1.27 bits per heavy atom. The first-order valence-corrected chi connectivity index (χ1v) is 12.6. The summed E-state index contributed by atoms with van der Waals surface area (Å²) in [5, 5.41) is 2.71. The van der Waals surface area contributed by atoms with Gasteiger partial charge in [-0.15, -0.1) is 0 Å². The quantitative estimate of drug-likeness (QED) is 0.442. The molecular formula is C22H31N5O5S. The van der Waals surface area contributed by atoms with E-state index in [0.29, 0.717) is 55.7 Å². The van der Waals surface area contributed by atoms with Crippen molar-refractivity contribution in [3.63, 3.8) is 0 Å². The molecule has 0 spiro atoms. The van der Waals surface area contributed by atoms with Crippen LogP contribution in [0, 0.1) is 6.92 Å². The molecule has 0 saturated carbocycles. The molecule has 3 N–H and O–H groups in total. The Morgan fingerprint density at radius 2 is 2.03 bits per heavy atom. The summed E-state index contributed by atoms with van der Waals surface area (Å²) < 4.78 is 32.7. The number of unbranched alkanes of at least 4 members (excludes halogenated alkanes) is 1. The number of anilines is 2. The molecular weight excluding hydrogens is 446 g/mol. The SMILES string of the molecule is CCCCNS(=O)(=O)c1cccc(NC(=O)CCc2c(C)nc(N3CCOCC3)[nH]c2=O)c1. The molecule has 1 aromatic carbocycles. The van der Waals surface area contributed by atoms with E-state index in [4.69, 9.17) is 4.74 Å². The van der Waals surface area contributed by atoms with Crippen molar-refractivity contribution in [2.24, 2.45) is 0 Å². The third kappa shape index (κ3) is 6.86. The number of H-pyrrole nitrogens is 1. The highest BCUT2D eigenvalue weighted by atomic mass is 32.2. The van der Waals surface area contributed by atoms with Gasteiger partial charge < -0.3 is 15.0 Å². The summed E-state index contributed by atoms with van der Waals surface area (Å²) in [5.41, 5.74) is 1.16. The lowest BCUT2D eigenvalue weighted by Gasteiger charge is -2.27. The number of nitrogens with one attached hydrogen (secondary N) is 3. The zero-order valence-electron chi connectivity index (χ0n) is 19.0. The molecule has 1 aliphatic heterocycles. The minimum atomic E-state index is -3.64. The van der Waals surface area contributed by atoms with Gasteiger partial charge in [0.1, 0.15) is 0 Å². The number of hydrogen-bond donors (Lipinski definition) is 3. The van der Waals surface area contributed by atoms with Crippen molar-refractivity contribution >= 4 is 27.6 Å². The maximum absolute atomic E-state index is 12.6. The Balaban J connectivity index is 1.61. The molecule has 1 amide bonds. The molecule has 33 heavy (non-hydrogen) atoms. The number of hydrogen-bond acceptors (Lipinski definition) is 7. The van der Waals surface area contributed by atoms with E-state index in [2.05, 4.69) is 20.0 Å². The smallest absolute Gasteiger partial charge is 0.255 e. The minimum absolute atomic E-state index is 0.0637. The number of carbonyl (C=O) groups is 1. The molecule has 0 aliphatic carbocycles. The highest BCUT2D eigenvalue weighted by Gasteiger charge is 2.17. The fraction of sp³-hybridized carbons (Fsp3) is 0.500. The van der Waals surface area contributed by atoms with Crippen molar-refractivity contribution in [3.8, 4) is 0 Å². The number of rotatable bonds is 10. The largest absolute Gasteiger partial charge is 0.378 e. The number of benzene rings is 1. The van der Waals surface area contributed by atoms with Crippen LogP contribution in [0.4, 0.5) is 11.6 Å². The van der Waals surface area contributed by atoms with E-state index in [1.807, 2.05) is 11.8 Å². The van der Waals surface area contributed by atoms with Gasteiger partial charge in [-0.05, 0) is 38.0 Å². The number of amides is 1. The Bertz CT molecular complexity index is 1130. The molecule has 0 bridgehead atoms. The number of nitrogens with zero attached hydrogens (tertiary/aromatic N) is 2. The predicted octanol–water partition coefficient (Wildman–Crippen LogP) is 1.56. The first-order valence-electron chi connectivity index (χ1n) is 11.1. The second-order valence-electron chi connectivity index (χ2n) is 7.88. The van der Waals surface area contributed by atoms with Gasteiger partial charge in [0.25, 0.3) is 5.56 Å². The third-order valence-corrected chi connectivity index (χ3v) is 6.83. The molecule has 1 saturated heterocycles. The maximum Gasteiger partial charge on any atom is 0.255 e. The van der Waals surface area contributed by atoms with Crippen molar-refractivity contribution < 1.29 is 17.9 Å². The monoisotopic (exact) mass is 477 g/mol. The number of carbonyl (C=O) groups excluding carboxylic acids is 1. The Morgan fingerprint density at radius 3 is 2.73 bits per heavy atom. The Labute approximate surface area is 193 Å². The number of aryl methyl sites for hydroxylation is 1. The zero-order chi connectivity index (χ0) is 23.8. The molecule has 1 aliphatic rings. The summed E-state index contributed by atoms with van der Waals surface area (Å²) >= 11 is 0. The van der Waals surface area contributed by atoms with Crippen LogP contribution in [0.15, 0.2) is 34.0 Å². The Kier molecular flexibility index (Phi) is 8.59. The van der Waals surface area contributed by atoms with Gasteiger partial charge >= 0.3 is 0 Å². The summed E-state index contributed by atoms with van der Waals surface area (Å²) in [6, 6.07) is 6.10. The highest BCUT2D eigenvalue weighted by Crippen LogP contribution is 2.16. The summed E-state index contributed by atoms with van der Waals surface area (Å²) in [6.45, 7) is 6.59. The van der Waals surface area contributed by atoms with E-state index in [1.54, 1.807) is 19.1 Å². The van der Waals surface area contributed by atoms with Gasteiger partial charge in [0.2, 0.25) is 21.9 Å². The fourth-order valence-corrected chi connectivity index (χ4v) is 4.60. The molecule has 3 rings (SSSR count). The molecule has 2 heterocycles. The van der Waals surface area contributed by atoms with Crippen molar-refractivity contribution in [2.75, 3.05) is 43.1 Å². The molecule has 180 valence electrons. The summed E-state index contributed by atoms with van der Waals surface area (Å²) in [5.74, 6) is 0.194. The van der Waals surface area contributed by atoms with Crippen LogP contribution in [0.3, 0.4) is 0 Å². The summed E-state index contributed by atoms with van der Waals surface area (Å²) in [4.78, 5) is 34.4. The second-order valence-corrected chi connectivity index (χ2v) is 9.65. The number of morpholine rings is 1. The van der Waals surface area contributed by atoms with Crippen LogP contribution in [-0.2, 0) is 26.0 Å². The molecule has 0 radical (unpaired) electrons. The van der Waals surface area contributed by atoms with E-state index in [9.17, 15) is 18.0 Å². The van der Waals surface area contributed by atoms with E-state index in [1.165, 1.54) is 12.1 Å². The van der Waals surface area contributed by atoms with Crippen LogP contribution in [0.2, 0.25) is 0 Å². The van der Waals surface area contributed by atoms with Crippen molar-refractivity contribution in [1.29, 1.82) is 0 Å². The number of sulfonamides is 1. The molecule has 1 aromatic heterocycles. The average molecular weight is 478 g/mol. The van der Waals surface area contributed by atoms with Gasteiger partial charge in [-0.25, -0.2) is 18.1 Å². The lowest BCUT2D eigenvalue weighted by atomic mass is 10.1. The van der Waals surface area contributed by atoms with Crippen LogP contribution >= 0.6 is 0 Å². The van der Waals surface area contributed by atoms with Gasteiger partial charge in [0.05, 0.1) is 18.1 Å². The van der Waals surface area contributed by atoms with Crippen LogP contribution < -0.4 is 20.5 Å². The van der Waals surface area contributed by atoms with Crippen molar-refractivity contribution in [2.45, 2.75) is 44.4 Å².